The lowest BCUT2D eigenvalue weighted by atomic mass is 9.79. The molecule has 1 aliphatic carbocycles. The van der Waals surface area contributed by atoms with Crippen molar-refractivity contribution in [2.75, 3.05) is 28.3 Å². The number of hydrogen-bond acceptors (Lipinski definition) is 6. The minimum Gasteiger partial charge on any atom is -0.388 e. The van der Waals surface area contributed by atoms with Crippen LogP contribution in [0.4, 0.5) is 28.6 Å². The van der Waals surface area contributed by atoms with Gasteiger partial charge < -0.3 is 21.3 Å². The summed E-state index contributed by atoms with van der Waals surface area (Å²) >= 11 is 0. The van der Waals surface area contributed by atoms with Gasteiger partial charge in [0.25, 0.3) is 5.91 Å². The minimum atomic E-state index is -0.563. The van der Waals surface area contributed by atoms with E-state index in [1.165, 1.54) is 6.33 Å². The van der Waals surface area contributed by atoms with Crippen molar-refractivity contribution in [3.63, 3.8) is 0 Å². The van der Waals surface area contributed by atoms with E-state index in [4.69, 9.17) is 0 Å². The number of fused-ring (bicyclic) bond motifs is 3. The van der Waals surface area contributed by atoms with Gasteiger partial charge in [-0.15, -0.1) is 0 Å². The number of benzene rings is 3. The fourth-order valence-electron chi connectivity index (χ4n) is 5.47. The normalized spacial score (nSPS) is 16.9. The number of carbonyl (C=O) groups excluding carboxylic acids is 2. The van der Waals surface area contributed by atoms with Gasteiger partial charge >= 0.3 is 0 Å². The van der Waals surface area contributed by atoms with Gasteiger partial charge in [-0.1, -0.05) is 43.0 Å². The first kappa shape index (κ1) is 23.4. The number of rotatable bonds is 6. The summed E-state index contributed by atoms with van der Waals surface area (Å²) < 4.78 is 0. The molecule has 1 unspecified atom stereocenters. The van der Waals surface area contributed by atoms with Crippen molar-refractivity contribution >= 4 is 46.5 Å². The van der Waals surface area contributed by atoms with Gasteiger partial charge in [0.1, 0.15) is 17.8 Å². The molecule has 2 amide bonds. The molecule has 2 heterocycles. The number of nitrogens with one attached hydrogen (secondary N) is 4. The Morgan fingerprint density at radius 3 is 2.66 bits per heavy atom. The minimum absolute atomic E-state index is 0.0516. The quantitative estimate of drug-likeness (QED) is 0.291. The summed E-state index contributed by atoms with van der Waals surface area (Å²) in [4.78, 5) is 34.5. The standard InChI is InChI=1S/C30H26N6O2/c1-3-21-23(31-2)9-6-10-24(21)35-28(37)26-14-27(33-17-32-26)34-20-12-11-18-15-30(16-19(18)13-20)22-7-4-5-8-25(22)36-29(30)38/h3-14,17,31H,1,15-16H2,2H3,(H,35,37)(H,36,38)(H,32,33,34). The highest BCUT2D eigenvalue weighted by atomic mass is 16.2. The molecule has 4 aromatic rings. The lowest BCUT2D eigenvalue weighted by Crippen LogP contribution is -2.35. The van der Waals surface area contributed by atoms with Crippen LogP contribution in [0.5, 0.6) is 0 Å². The van der Waals surface area contributed by atoms with Gasteiger partial charge in [-0.2, -0.15) is 0 Å². The molecule has 0 saturated carbocycles. The van der Waals surface area contributed by atoms with Crippen LogP contribution >= 0.6 is 0 Å². The molecular weight excluding hydrogens is 476 g/mol. The van der Waals surface area contributed by atoms with Crippen molar-refractivity contribution in [1.82, 2.24) is 9.97 Å². The van der Waals surface area contributed by atoms with E-state index in [-0.39, 0.29) is 17.5 Å². The van der Waals surface area contributed by atoms with Gasteiger partial charge in [-0.25, -0.2) is 9.97 Å². The van der Waals surface area contributed by atoms with Gasteiger partial charge in [0.05, 0.1) is 11.1 Å². The Kier molecular flexibility index (Phi) is 5.64. The van der Waals surface area contributed by atoms with Crippen molar-refractivity contribution in [2.24, 2.45) is 0 Å². The van der Waals surface area contributed by atoms with E-state index in [9.17, 15) is 9.59 Å². The molecule has 38 heavy (non-hydrogen) atoms. The van der Waals surface area contributed by atoms with E-state index in [2.05, 4.69) is 49.9 Å². The molecule has 0 fully saturated rings. The van der Waals surface area contributed by atoms with Gasteiger partial charge in [0, 0.05) is 35.7 Å². The zero-order valence-corrected chi connectivity index (χ0v) is 20.8. The molecule has 8 nitrogen and oxygen atoms in total. The van der Waals surface area contributed by atoms with Crippen LogP contribution in [0.1, 0.15) is 32.7 Å². The molecule has 8 heteroatoms. The summed E-state index contributed by atoms with van der Waals surface area (Å²) in [5.41, 5.74) is 7.02. The van der Waals surface area contributed by atoms with E-state index in [0.29, 0.717) is 24.3 Å². The second kappa shape index (κ2) is 9.15. The van der Waals surface area contributed by atoms with Gasteiger partial charge in [0.2, 0.25) is 5.91 Å². The van der Waals surface area contributed by atoms with Crippen LogP contribution in [0.25, 0.3) is 6.08 Å². The molecule has 3 aromatic carbocycles. The molecule has 1 spiro atoms. The number of amides is 2. The highest BCUT2D eigenvalue weighted by molar-refractivity contribution is 6.07. The Bertz CT molecular complexity index is 1610. The van der Waals surface area contributed by atoms with Crippen LogP contribution in [-0.2, 0) is 23.1 Å². The van der Waals surface area contributed by atoms with Crippen molar-refractivity contribution in [3.05, 3.63) is 108 Å². The van der Waals surface area contributed by atoms with Crippen LogP contribution in [0, 0.1) is 0 Å². The largest absolute Gasteiger partial charge is 0.388 e. The van der Waals surface area contributed by atoms with Crippen LogP contribution in [0.2, 0.25) is 0 Å². The van der Waals surface area contributed by atoms with Crippen molar-refractivity contribution in [1.29, 1.82) is 0 Å². The lowest BCUT2D eigenvalue weighted by molar-refractivity contribution is -0.120. The molecule has 0 bridgehead atoms. The first-order valence-electron chi connectivity index (χ1n) is 12.4. The maximum Gasteiger partial charge on any atom is 0.274 e. The maximum atomic E-state index is 13.0. The van der Waals surface area contributed by atoms with Crippen molar-refractivity contribution in [2.45, 2.75) is 18.3 Å². The summed E-state index contributed by atoms with van der Waals surface area (Å²) in [7, 11) is 1.82. The highest BCUT2D eigenvalue weighted by Gasteiger charge is 2.50. The summed E-state index contributed by atoms with van der Waals surface area (Å²) in [5, 5.41) is 12.3. The fourth-order valence-corrected chi connectivity index (χ4v) is 5.47. The number of aromatic nitrogens is 2. The van der Waals surface area contributed by atoms with Crippen LogP contribution in [0.15, 0.2) is 79.6 Å². The number of anilines is 5. The fraction of sp³-hybridized carbons (Fsp3) is 0.133. The van der Waals surface area contributed by atoms with Gasteiger partial charge in [-0.05, 0) is 59.9 Å². The number of nitrogens with zero attached hydrogens (tertiary/aromatic N) is 2. The van der Waals surface area contributed by atoms with Crippen molar-refractivity contribution < 1.29 is 9.59 Å². The van der Waals surface area contributed by atoms with E-state index in [1.807, 2.05) is 55.6 Å². The molecule has 0 radical (unpaired) electrons. The Balaban J connectivity index is 1.21. The molecule has 6 rings (SSSR count). The molecule has 188 valence electrons. The molecule has 2 aliphatic rings. The Labute approximate surface area is 220 Å². The average Bonchev–Trinajstić information content (AvgIpc) is 3.45. The summed E-state index contributed by atoms with van der Waals surface area (Å²) in [6.45, 7) is 3.86. The number of hydrogen-bond donors (Lipinski definition) is 4. The second-order valence-electron chi connectivity index (χ2n) is 9.51. The summed E-state index contributed by atoms with van der Waals surface area (Å²) in [5.74, 6) is 0.194. The first-order valence-corrected chi connectivity index (χ1v) is 12.4. The summed E-state index contributed by atoms with van der Waals surface area (Å²) in [6, 6.07) is 21.2. The number of carbonyl (C=O) groups is 2. The molecular formula is C30H26N6O2. The topological polar surface area (TPSA) is 108 Å². The van der Waals surface area contributed by atoms with E-state index >= 15 is 0 Å². The maximum absolute atomic E-state index is 13.0. The van der Waals surface area contributed by atoms with E-state index in [1.54, 1.807) is 12.1 Å². The first-order chi connectivity index (χ1) is 18.5. The zero-order valence-electron chi connectivity index (χ0n) is 20.8. The predicted octanol–water partition coefficient (Wildman–Crippen LogP) is 5.15. The molecule has 4 N–H and O–H groups in total. The third kappa shape index (κ3) is 3.87. The molecule has 1 atom stereocenters. The van der Waals surface area contributed by atoms with Crippen LogP contribution in [0.3, 0.4) is 0 Å². The lowest BCUT2D eigenvalue weighted by Gasteiger charge is -2.20. The monoisotopic (exact) mass is 502 g/mol. The smallest absolute Gasteiger partial charge is 0.274 e. The van der Waals surface area contributed by atoms with Gasteiger partial charge in [0.15, 0.2) is 0 Å². The average molecular weight is 503 g/mol. The molecule has 1 aromatic heterocycles. The van der Waals surface area contributed by atoms with Gasteiger partial charge in [-0.3, -0.25) is 9.59 Å². The van der Waals surface area contributed by atoms with E-state index in [0.717, 1.165) is 39.3 Å². The Morgan fingerprint density at radius 2 is 1.82 bits per heavy atom. The van der Waals surface area contributed by atoms with E-state index < -0.39 is 5.41 Å². The Hall–Kier alpha value is -4.98. The van der Waals surface area contributed by atoms with Crippen LogP contribution < -0.4 is 21.3 Å². The number of para-hydroxylation sites is 1. The Morgan fingerprint density at radius 1 is 1.00 bits per heavy atom. The molecule has 1 aliphatic heterocycles. The molecule has 0 saturated heterocycles. The second-order valence-corrected chi connectivity index (χ2v) is 9.51. The van der Waals surface area contributed by atoms with Crippen molar-refractivity contribution in [3.8, 4) is 0 Å². The predicted molar refractivity (Wildman–Crippen MR) is 150 cm³/mol. The SMILES string of the molecule is C=Cc1c(NC)cccc1NC(=O)c1cc(Nc2ccc3c(c2)CC2(C3)C(=O)Nc3ccccc32)ncn1. The summed E-state index contributed by atoms with van der Waals surface area (Å²) in [6.07, 6.45) is 4.36. The third-order valence-electron chi connectivity index (χ3n) is 7.32. The van der Waals surface area contributed by atoms with Crippen LogP contribution in [-0.4, -0.2) is 28.8 Å². The zero-order chi connectivity index (χ0) is 26.3. The third-order valence-corrected chi connectivity index (χ3v) is 7.32. The highest BCUT2D eigenvalue weighted by Crippen LogP contribution is 2.47.